The molecule has 0 radical (unpaired) electrons. The lowest BCUT2D eigenvalue weighted by molar-refractivity contribution is -0.122. The Bertz CT molecular complexity index is 923. The Morgan fingerprint density at radius 1 is 0.933 bits per heavy atom. The molecule has 3 rings (SSSR count). The molecule has 0 aliphatic carbocycles. The standard InChI is InChI=1S/C26H29NO3/c1-3-25(30-24-13-7-9-20(2)19-24)26(28)27-22-14-16-23(17-15-22)29-18-8-12-21-10-5-4-6-11-21/h4-7,9-11,13-17,19,25H,3,8,12,18H2,1-2H3,(H,27,28). The summed E-state index contributed by atoms with van der Waals surface area (Å²) in [5.74, 6) is 1.34. The molecule has 0 fully saturated rings. The van der Waals surface area contributed by atoms with E-state index in [1.54, 1.807) is 0 Å². The van der Waals surface area contributed by atoms with E-state index >= 15 is 0 Å². The summed E-state index contributed by atoms with van der Waals surface area (Å²) in [4.78, 5) is 12.6. The van der Waals surface area contributed by atoms with Gasteiger partial charge in [0, 0.05) is 5.69 Å². The topological polar surface area (TPSA) is 47.6 Å². The van der Waals surface area contributed by atoms with E-state index in [-0.39, 0.29) is 5.91 Å². The lowest BCUT2D eigenvalue weighted by Crippen LogP contribution is -2.32. The molecular formula is C26H29NO3. The fraction of sp³-hybridized carbons (Fsp3) is 0.269. The average molecular weight is 404 g/mol. The summed E-state index contributed by atoms with van der Waals surface area (Å²) in [7, 11) is 0. The number of anilines is 1. The highest BCUT2D eigenvalue weighted by Crippen LogP contribution is 2.19. The first kappa shape index (κ1) is 21.4. The predicted octanol–water partition coefficient (Wildman–Crippen LogP) is 5.80. The van der Waals surface area contributed by atoms with Gasteiger partial charge < -0.3 is 14.8 Å². The monoisotopic (exact) mass is 403 g/mol. The molecule has 0 aromatic heterocycles. The maximum atomic E-state index is 12.6. The number of amides is 1. The first-order valence-corrected chi connectivity index (χ1v) is 10.4. The van der Waals surface area contributed by atoms with Crippen LogP contribution in [0.5, 0.6) is 11.5 Å². The second-order valence-corrected chi connectivity index (χ2v) is 7.28. The number of aryl methyl sites for hydroxylation is 2. The number of benzene rings is 3. The summed E-state index contributed by atoms with van der Waals surface area (Å²) in [6, 6.07) is 25.6. The van der Waals surface area contributed by atoms with Gasteiger partial charge in [-0.3, -0.25) is 4.79 Å². The minimum absolute atomic E-state index is 0.157. The fourth-order valence-electron chi connectivity index (χ4n) is 3.14. The molecule has 0 saturated heterocycles. The molecule has 3 aromatic carbocycles. The van der Waals surface area contributed by atoms with Crippen LogP contribution in [0.25, 0.3) is 0 Å². The molecule has 30 heavy (non-hydrogen) atoms. The van der Waals surface area contributed by atoms with Crippen molar-refractivity contribution in [3.63, 3.8) is 0 Å². The van der Waals surface area contributed by atoms with E-state index < -0.39 is 6.10 Å². The van der Waals surface area contributed by atoms with Crippen molar-refractivity contribution < 1.29 is 14.3 Å². The number of carbonyl (C=O) groups is 1. The molecule has 0 heterocycles. The average Bonchev–Trinajstić information content (AvgIpc) is 2.77. The second-order valence-electron chi connectivity index (χ2n) is 7.28. The van der Waals surface area contributed by atoms with Crippen molar-refractivity contribution in [2.45, 2.75) is 39.2 Å². The molecule has 1 atom stereocenters. The van der Waals surface area contributed by atoms with Crippen LogP contribution in [0.4, 0.5) is 5.69 Å². The highest BCUT2D eigenvalue weighted by atomic mass is 16.5. The third-order valence-electron chi connectivity index (χ3n) is 4.77. The third kappa shape index (κ3) is 6.66. The molecule has 3 aromatic rings. The van der Waals surface area contributed by atoms with E-state index in [4.69, 9.17) is 9.47 Å². The van der Waals surface area contributed by atoms with Crippen molar-refractivity contribution in [2.24, 2.45) is 0 Å². The van der Waals surface area contributed by atoms with Crippen LogP contribution < -0.4 is 14.8 Å². The van der Waals surface area contributed by atoms with Gasteiger partial charge in [0.2, 0.25) is 0 Å². The van der Waals surface area contributed by atoms with Gasteiger partial charge in [0.05, 0.1) is 6.61 Å². The highest BCUT2D eigenvalue weighted by Gasteiger charge is 2.18. The summed E-state index contributed by atoms with van der Waals surface area (Å²) in [5, 5.41) is 2.92. The molecule has 0 spiro atoms. The van der Waals surface area contributed by atoms with Gasteiger partial charge in [0.15, 0.2) is 6.10 Å². The Morgan fingerprint density at radius 3 is 2.40 bits per heavy atom. The molecule has 0 saturated carbocycles. The van der Waals surface area contributed by atoms with Gasteiger partial charge in [-0.2, -0.15) is 0 Å². The van der Waals surface area contributed by atoms with Gasteiger partial charge >= 0.3 is 0 Å². The molecule has 1 amide bonds. The first-order valence-electron chi connectivity index (χ1n) is 10.4. The molecule has 4 heteroatoms. The largest absolute Gasteiger partial charge is 0.494 e. The highest BCUT2D eigenvalue weighted by molar-refractivity contribution is 5.94. The lowest BCUT2D eigenvalue weighted by atomic mass is 10.1. The summed E-state index contributed by atoms with van der Waals surface area (Å²) in [6.45, 7) is 4.59. The Balaban J connectivity index is 1.46. The quantitative estimate of drug-likeness (QED) is 0.435. The van der Waals surface area contributed by atoms with Gasteiger partial charge in [-0.1, -0.05) is 49.4 Å². The van der Waals surface area contributed by atoms with E-state index in [1.807, 2.05) is 68.4 Å². The minimum atomic E-state index is -0.541. The maximum absolute atomic E-state index is 12.6. The first-order chi connectivity index (χ1) is 14.6. The van der Waals surface area contributed by atoms with Crippen molar-refractivity contribution in [1.82, 2.24) is 0 Å². The summed E-state index contributed by atoms with van der Waals surface area (Å²) in [6.07, 6.45) is 1.99. The van der Waals surface area contributed by atoms with Gasteiger partial charge in [-0.15, -0.1) is 0 Å². The van der Waals surface area contributed by atoms with Crippen LogP contribution in [-0.2, 0) is 11.2 Å². The van der Waals surface area contributed by atoms with Crippen LogP contribution >= 0.6 is 0 Å². The van der Waals surface area contributed by atoms with Crippen LogP contribution in [0.1, 0.15) is 30.9 Å². The van der Waals surface area contributed by atoms with Gasteiger partial charge in [-0.25, -0.2) is 0 Å². The van der Waals surface area contributed by atoms with Crippen LogP contribution in [0.2, 0.25) is 0 Å². The number of carbonyl (C=O) groups excluding carboxylic acids is 1. The Kier molecular flexibility index (Phi) is 7.90. The molecule has 1 N–H and O–H groups in total. The number of hydrogen-bond acceptors (Lipinski definition) is 3. The number of ether oxygens (including phenoxy) is 2. The SMILES string of the molecule is CCC(Oc1cccc(C)c1)C(=O)Nc1ccc(OCCCc2ccccc2)cc1. The van der Waals surface area contributed by atoms with Crippen LogP contribution in [0.15, 0.2) is 78.9 Å². The van der Waals surface area contributed by atoms with Gasteiger partial charge in [0.1, 0.15) is 11.5 Å². The summed E-state index contributed by atoms with van der Waals surface area (Å²) in [5.41, 5.74) is 3.14. The smallest absolute Gasteiger partial charge is 0.265 e. The van der Waals surface area contributed by atoms with Crippen LogP contribution in [0.3, 0.4) is 0 Å². The van der Waals surface area contributed by atoms with Crippen molar-refractivity contribution in [3.8, 4) is 11.5 Å². The van der Waals surface area contributed by atoms with Crippen molar-refractivity contribution in [1.29, 1.82) is 0 Å². The minimum Gasteiger partial charge on any atom is -0.494 e. The Hall–Kier alpha value is -3.27. The summed E-state index contributed by atoms with van der Waals surface area (Å²) < 4.78 is 11.7. The van der Waals surface area contributed by atoms with Crippen molar-refractivity contribution in [3.05, 3.63) is 90.0 Å². The Labute approximate surface area is 178 Å². The van der Waals surface area contributed by atoms with Crippen molar-refractivity contribution in [2.75, 3.05) is 11.9 Å². The normalized spacial score (nSPS) is 11.5. The third-order valence-corrected chi connectivity index (χ3v) is 4.77. The van der Waals surface area contributed by atoms with E-state index in [2.05, 4.69) is 29.6 Å². The molecule has 0 aliphatic rings. The molecular weight excluding hydrogens is 374 g/mol. The van der Waals surface area contributed by atoms with Crippen LogP contribution in [-0.4, -0.2) is 18.6 Å². The van der Waals surface area contributed by atoms with Crippen LogP contribution in [0, 0.1) is 6.92 Å². The van der Waals surface area contributed by atoms with Gasteiger partial charge in [0.25, 0.3) is 5.91 Å². The molecule has 1 unspecified atom stereocenters. The number of nitrogens with one attached hydrogen (secondary N) is 1. The van der Waals surface area contributed by atoms with Gasteiger partial charge in [-0.05, 0) is 73.7 Å². The number of rotatable bonds is 10. The zero-order valence-electron chi connectivity index (χ0n) is 17.6. The lowest BCUT2D eigenvalue weighted by Gasteiger charge is -2.17. The van der Waals surface area contributed by atoms with E-state index in [0.717, 1.165) is 29.8 Å². The maximum Gasteiger partial charge on any atom is 0.265 e. The number of hydrogen-bond donors (Lipinski definition) is 1. The second kappa shape index (κ2) is 11.1. The van der Waals surface area contributed by atoms with E-state index in [0.29, 0.717) is 18.8 Å². The predicted molar refractivity (Wildman–Crippen MR) is 121 cm³/mol. The molecule has 4 nitrogen and oxygen atoms in total. The zero-order valence-corrected chi connectivity index (χ0v) is 17.6. The van der Waals surface area contributed by atoms with Crippen molar-refractivity contribution >= 4 is 11.6 Å². The van der Waals surface area contributed by atoms with E-state index in [1.165, 1.54) is 5.56 Å². The van der Waals surface area contributed by atoms with E-state index in [9.17, 15) is 4.79 Å². The molecule has 0 bridgehead atoms. The Morgan fingerprint density at radius 2 is 1.70 bits per heavy atom. The summed E-state index contributed by atoms with van der Waals surface area (Å²) >= 11 is 0. The zero-order chi connectivity index (χ0) is 21.2. The fourth-order valence-corrected chi connectivity index (χ4v) is 3.14. The molecule has 0 aliphatic heterocycles. The molecule has 156 valence electrons.